The van der Waals surface area contributed by atoms with Crippen molar-refractivity contribution in [1.29, 1.82) is 0 Å². The Balaban J connectivity index is 2.35. The van der Waals surface area contributed by atoms with Crippen LogP contribution in [0.15, 0.2) is 34.9 Å². The molecule has 0 N–H and O–H groups in total. The Kier molecular flexibility index (Phi) is 2.95. The first-order valence-corrected chi connectivity index (χ1v) is 5.05. The largest absolute Gasteiger partial charge is 0.494 e. The minimum Gasteiger partial charge on any atom is -0.494 e. The topological polar surface area (TPSA) is 39.4 Å². The second-order valence-corrected chi connectivity index (χ2v) is 3.62. The van der Waals surface area contributed by atoms with Gasteiger partial charge in [0.1, 0.15) is 12.0 Å². The Morgan fingerprint density at radius 1 is 1.29 bits per heavy atom. The number of rotatable bonds is 3. The molecule has 0 unspecified atom stereocenters. The average Bonchev–Trinajstić information content (AvgIpc) is 2.75. The van der Waals surface area contributed by atoms with Gasteiger partial charge in [0.2, 0.25) is 0 Å². The number of carbonyl (C=O) groups is 1. The van der Waals surface area contributed by atoms with Gasteiger partial charge in [-0.25, -0.2) is 4.39 Å². The molecule has 0 radical (unpaired) electrons. The van der Waals surface area contributed by atoms with Crippen molar-refractivity contribution in [2.75, 3.05) is 7.11 Å². The normalized spacial score (nSPS) is 10.3. The van der Waals surface area contributed by atoms with E-state index < -0.39 is 5.82 Å². The van der Waals surface area contributed by atoms with Crippen LogP contribution >= 0.6 is 0 Å². The maximum absolute atomic E-state index is 13.4. The van der Waals surface area contributed by atoms with E-state index in [0.29, 0.717) is 11.3 Å². The van der Waals surface area contributed by atoms with Crippen molar-refractivity contribution in [3.8, 4) is 5.75 Å². The number of carbonyl (C=O) groups excluding carboxylic acids is 1. The molecule has 0 saturated carbocycles. The summed E-state index contributed by atoms with van der Waals surface area (Å²) in [7, 11) is 1.37. The van der Waals surface area contributed by atoms with Crippen molar-refractivity contribution in [3.05, 3.63) is 53.2 Å². The number of methoxy groups -OCH3 is 1. The highest BCUT2D eigenvalue weighted by atomic mass is 19.1. The van der Waals surface area contributed by atoms with Crippen molar-refractivity contribution in [3.63, 3.8) is 0 Å². The first-order valence-electron chi connectivity index (χ1n) is 5.05. The average molecular weight is 234 g/mol. The van der Waals surface area contributed by atoms with Gasteiger partial charge in [-0.1, -0.05) is 0 Å². The van der Waals surface area contributed by atoms with Gasteiger partial charge >= 0.3 is 0 Å². The minimum atomic E-state index is -0.557. The molecule has 0 spiro atoms. The SMILES string of the molecule is COc1ccc(C(=O)c2coc(C)c2)cc1F. The van der Waals surface area contributed by atoms with E-state index in [1.165, 1.54) is 25.5 Å². The lowest BCUT2D eigenvalue weighted by molar-refractivity contribution is 0.103. The van der Waals surface area contributed by atoms with E-state index in [4.69, 9.17) is 9.15 Å². The van der Waals surface area contributed by atoms with Gasteiger partial charge in [-0.2, -0.15) is 0 Å². The predicted octanol–water partition coefficient (Wildman–Crippen LogP) is 2.97. The number of benzene rings is 1. The molecule has 4 heteroatoms. The number of ether oxygens (including phenoxy) is 1. The molecule has 0 aliphatic carbocycles. The molecular weight excluding hydrogens is 223 g/mol. The second-order valence-electron chi connectivity index (χ2n) is 3.62. The van der Waals surface area contributed by atoms with Crippen molar-refractivity contribution in [2.24, 2.45) is 0 Å². The number of hydrogen-bond donors (Lipinski definition) is 0. The Morgan fingerprint density at radius 3 is 2.59 bits per heavy atom. The zero-order valence-corrected chi connectivity index (χ0v) is 9.49. The number of ketones is 1. The first-order chi connectivity index (χ1) is 8.11. The molecular formula is C13H11FO3. The lowest BCUT2D eigenvalue weighted by Gasteiger charge is -2.03. The highest BCUT2D eigenvalue weighted by Crippen LogP contribution is 2.20. The van der Waals surface area contributed by atoms with Crippen LogP contribution in [-0.2, 0) is 0 Å². The molecule has 0 saturated heterocycles. The fourth-order valence-corrected chi connectivity index (χ4v) is 1.54. The Hall–Kier alpha value is -2.10. The molecule has 0 fully saturated rings. The van der Waals surface area contributed by atoms with Crippen molar-refractivity contribution in [2.45, 2.75) is 6.92 Å². The van der Waals surface area contributed by atoms with E-state index in [2.05, 4.69) is 0 Å². The van der Waals surface area contributed by atoms with Crippen LogP contribution in [0.3, 0.4) is 0 Å². The lowest BCUT2D eigenvalue weighted by atomic mass is 10.1. The van der Waals surface area contributed by atoms with Gasteiger partial charge < -0.3 is 9.15 Å². The quantitative estimate of drug-likeness (QED) is 0.766. The summed E-state index contributed by atoms with van der Waals surface area (Å²) in [5.41, 5.74) is 0.677. The van der Waals surface area contributed by atoms with Crippen molar-refractivity contribution in [1.82, 2.24) is 0 Å². The minimum absolute atomic E-state index is 0.116. The zero-order valence-electron chi connectivity index (χ0n) is 9.49. The van der Waals surface area contributed by atoms with Gasteiger partial charge in [0.05, 0.1) is 12.7 Å². The van der Waals surface area contributed by atoms with E-state index in [1.54, 1.807) is 13.0 Å². The highest BCUT2D eigenvalue weighted by molar-refractivity contribution is 6.08. The van der Waals surface area contributed by atoms with E-state index in [9.17, 15) is 9.18 Å². The molecule has 1 aromatic carbocycles. The summed E-state index contributed by atoms with van der Waals surface area (Å²) in [5, 5.41) is 0. The molecule has 2 rings (SSSR count). The standard InChI is InChI=1S/C13H11FO3/c1-8-5-10(7-17-8)13(15)9-3-4-12(16-2)11(14)6-9/h3-7H,1-2H3. The van der Waals surface area contributed by atoms with Crippen LogP contribution < -0.4 is 4.74 Å². The van der Waals surface area contributed by atoms with Gasteiger partial charge in [0.25, 0.3) is 0 Å². The molecule has 0 aliphatic heterocycles. The molecule has 88 valence electrons. The van der Waals surface area contributed by atoms with E-state index >= 15 is 0 Å². The number of halogens is 1. The third-order valence-corrected chi connectivity index (χ3v) is 2.41. The van der Waals surface area contributed by atoms with Gasteiger partial charge in [-0.15, -0.1) is 0 Å². The highest BCUT2D eigenvalue weighted by Gasteiger charge is 2.13. The zero-order chi connectivity index (χ0) is 12.4. The summed E-state index contributed by atoms with van der Waals surface area (Å²) in [6, 6.07) is 5.72. The van der Waals surface area contributed by atoms with Crippen molar-refractivity contribution < 1.29 is 18.3 Å². The Morgan fingerprint density at radius 2 is 2.06 bits per heavy atom. The molecule has 0 amide bonds. The Bertz CT molecular complexity index is 558. The van der Waals surface area contributed by atoms with E-state index in [1.807, 2.05) is 0 Å². The molecule has 1 aromatic heterocycles. The second kappa shape index (κ2) is 4.41. The third kappa shape index (κ3) is 2.20. The predicted molar refractivity (Wildman–Crippen MR) is 59.8 cm³/mol. The summed E-state index contributed by atoms with van der Waals surface area (Å²) < 4.78 is 23.3. The molecule has 2 aromatic rings. The number of hydrogen-bond acceptors (Lipinski definition) is 3. The molecule has 0 aliphatic rings. The molecule has 3 nitrogen and oxygen atoms in total. The number of aryl methyl sites for hydroxylation is 1. The van der Waals surface area contributed by atoms with E-state index in [-0.39, 0.29) is 17.1 Å². The summed E-state index contributed by atoms with van der Waals surface area (Å²) in [6.07, 6.45) is 1.36. The smallest absolute Gasteiger partial charge is 0.196 e. The van der Waals surface area contributed by atoms with Crippen LogP contribution in [0.2, 0.25) is 0 Å². The lowest BCUT2D eigenvalue weighted by Crippen LogP contribution is -2.01. The van der Waals surface area contributed by atoms with Crippen molar-refractivity contribution >= 4 is 5.78 Å². The molecule has 0 atom stereocenters. The van der Waals surface area contributed by atoms with Crippen LogP contribution in [-0.4, -0.2) is 12.9 Å². The van der Waals surface area contributed by atoms with Crippen LogP contribution in [0.25, 0.3) is 0 Å². The van der Waals surface area contributed by atoms with Crippen LogP contribution in [0.5, 0.6) is 5.75 Å². The van der Waals surface area contributed by atoms with Crippen LogP contribution in [0.4, 0.5) is 4.39 Å². The third-order valence-electron chi connectivity index (χ3n) is 2.41. The van der Waals surface area contributed by atoms with Gasteiger partial charge in [0, 0.05) is 5.56 Å². The number of furan rings is 1. The molecule has 1 heterocycles. The van der Waals surface area contributed by atoms with Crippen LogP contribution in [0, 0.1) is 12.7 Å². The summed E-state index contributed by atoms with van der Waals surface area (Å²) in [4.78, 5) is 11.9. The van der Waals surface area contributed by atoms with Crippen LogP contribution in [0.1, 0.15) is 21.7 Å². The first kappa shape index (κ1) is 11.4. The molecule has 0 bridgehead atoms. The fraction of sp³-hybridized carbons (Fsp3) is 0.154. The van der Waals surface area contributed by atoms with Gasteiger partial charge in [-0.05, 0) is 31.2 Å². The van der Waals surface area contributed by atoms with Gasteiger partial charge in [0.15, 0.2) is 17.3 Å². The summed E-state index contributed by atoms with van der Waals surface area (Å²) >= 11 is 0. The maximum atomic E-state index is 13.4. The van der Waals surface area contributed by atoms with Gasteiger partial charge in [-0.3, -0.25) is 4.79 Å². The molecule has 17 heavy (non-hydrogen) atoms. The van der Waals surface area contributed by atoms with E-state index in [0.717, 1.165) is 6.07 Å². The monoisotopic (exact) mass is 234 g/mol. The summed E-state index contributed by atoms with van der Waals surface area (Å²) in [6.45, 7) is 1.74. The fourth-order valence-electron chi connectivity index (χ4n) is 1.54. The maximum Gasteiger partial charge on any atom is 0.196 e. The summed E-state index contributed by atoms with van der Waals surface area (Å²) in [5.74, 6) is -0.0748. The Labute approximate surface area is 97.8 Å².